The van der Waals surface area contributed by atoms with Gasteiger partial charge in [0.2, 0.25) is 10.0 Å². The first-order valence-corrected chi connectivity index (χ1v) is 8.96. The van der Waals surface area contributed by atoms with Crippen molar-refractivity contribution < 1.29 is 18.3 Å². The van der Waals surface area contributed by atoms with Gasteiger partial charge in [-0.1, -0.05) is 30.1 Å². The first kappa shape index (κ1) is 17.6. The fraction of sp³-hybridized carbons (Fsp3) is 0.364. The van der Waals surface area contributed by atoms with Crippen molar-refractivity contribution in [3.63, 3.8) is 0 Å². The van der Waals surface area contributed by atoms with Crippen molar-refractivity contribution in [2.24, 2.45) is 0 Å². The smallest absolute Gasteiger partial charge is 0.337 e. The number of sulfonamides is 1. The minimum atomic E-state index is -3.92. The van der Waals surface area contributed by atoms with E-state index in [0.29, 0.717) is 0 Å². The summed E-state index contributed by atoms with van der Waals surface area (Å²) in [6.45, 7) is 2.06. The largest absolute Gasteiger partial charge is 0.478 e. The van der Waals surface area contributed by atoms with Crippen LogP contribution in [0, 0.1) is 0 Å². The summed E-state index contributed by atoms with van der Waals surface area (Å²) >= 11 is 13.1. The van der Waals surface area contributed by atoms with Gasteiger partial charge in [-0.25, -0.2) is 17.9 Å². The quantitative estimate of drug-likeness (QED) is 0.817. The van der Waals surface area contributed by atoms with Crippen LogP contribution in [0.3, 0.4) is 0 Å². The molecular weight excluding hydrogens is 345 g/mol. The highest BCUT2D eigenvalue weighted by molar-refractivity contribution is 7.99. The van der Waals surface area contributed by atoms with Gasteiger partial charge >= 0.3 is 5.97 Å². The molecule has 5 nitrogen and oxygen atoms in total. The average molecular weight is 358 g/mol. The second kappa shape index (κ2) is 7.00. The molecule has 0 aliphatic rings. The van der Waals surface area contributed by atoms with Crippen LogP contribution < -0.4 is 4.72 Å². The van der Waals surface area contributed by atoms with Crippen LogP contribution >= 0.6 is 35.0 Å². The molecule has 0 aromatic heterocycles. The number of hydrogen-bond donors (Lipinski definition) is 2. The van der Waals surface area contributed by atoms with Crippen molar-refractivity contribution >= 4 is 51.0 Å². The van der Waals surface area contributed by atoms with E-state index in [2.05, 4.69) is 4.72 Å². The zero-order chi connectivity index (χ0) is 15.5. The van der Waals surface area contributed by atoms with Gasteiger partial charge < -0.3 is 5.11 Å². The highest BCUT2D eigenvalue weighted by Gasteiger charge is 2.23. The van der Waals surface area contributed by atoms with E-state index in [-0.39, 0.29) is 32.3 Å². The third kappa shape index (κ3) is 4.26. The molecule has 0 amide bonds. The molecule has 1 aromatic carbocycles. The Morgan fingerprint density at radius 2 is 2.05 bits per heavy atom. The fourth-order valence-electron chi connectivity index (χ4n) is 1.30. The Kier molecular flexibility index (Phi) is 6.15. The van der Waals surface area contributed by atoms with E-state index in [1.54, 1.807) is 0 Å². The molecule has 0 heterocycles. The lowest BCUT2D eigenvalue weighted by Crippen LogP contribution is -2.30. The Morgan fingerprint density at radius 3 is 2.55 bits per heavy atom. The third-order valence-electron chi connectivity index (χ3n) is 2.49. The standard InChI is InChI=1S/C11H13Cl2NO4S2/c1-6(19-2)5-14-20(17,18)9-4-7(12)3-8(10(9)13)11(15)16/h3-4,6,14H,5H2,1-2H3,(H,15,16). The summed E-state index contributed by atoms with van der Waals surface area (Å²) in [6.07, 6.45) is 1.86. The third-order valence-corrected chi connectivity index (χ3v) is 5.64. The summed E-state index contributed by atoms with van der Waals surface area (Å²) in [6, 6.07) is 2.23. The number of hydrogen-bond acceptors (Lipinski definition) is 4. The second-order valence-electron chi connectivity index (χ2n) is 3.97. The molecule has 1 atom stereocenters. The van der Waals surface area contributed by atoms with Crippen LogP contribution in [0.5, 0.6) is 0 Å². The van der Waals surface area contributed by atoms with E-state index >= 15 is 0 Å². The molecule has 0 fully saturated rings. The molecule has 0 saturated carbocycles. The SMILES string of the molecule is CSC(C)CNS(=O)(=O)c1cc(Cl)cc(C(=O)O)c1Cl. The summed E-state index contributed by atoms with van der Waals surface area (Å²) < 4.78 is 26.7. The van der Waals surface area contributed by atoms with Crippen molar-refractivity contribution in [2.45, 2.75) is 17.1 Å². The molecule has 1 aromatic rings. The predicted octanol–water partition coefficient (Wildman–Crippen LogP) is 2.72. The summed E-state index contributed by atoms with van der Waals surface area (Å²) in [7, 11) is -3.92. The zero-order valence-electron chi connectivity index (χ0n) is 10.7. The topological polar surface area (TPSA) is 83.5 Å². The fourth-order valence-corrected chi connectivity index (χ4v) is 3.69. The Morgan fingerprint density at radius 1 is 1.45 bits per heavy atom. The van der Waals surface area contributed by atoms with Gasteiger partial charge in [-0.2, -0.15) is 11.8 Å². The summed E-state index contributed by atoms with van der Waals surface area (Å²) in [5, 5.41) is 8.68. The molecule has 1 unspecified atom stereocenters. The summed E-state index contributed by atoms with van der Waals surface area (Å²) in [4.78, 5) is 10.7. The van der Waals surface area contributed by atoms with Crippen molar-refractivity contribution in [1.82, 2.24) is 4.72 Å². The van der Waals surface area contributed by atoms with Crippen LogP contribution in [0.25, 0.3) is 0 Å². The minimum absolute atomic E-state index is 0.00918. The van der Waals surface area contributed by atoms with Gasteiger partial charge in [0.05, 0.1) is 10.6 Å². The number of rotatable bonds is 6. The number of halogens is 2. The van der Waals surface area contributed by atoms with Gasteiger partial charge in [-0.15, -0.1) is 0 Å². The molecule has 0 aliphatic heterocycles. The van der Waals surface area contributed by atoms with Gasteiger partial charge in [-0.3, -0.25) is 0 Å². The number of benzene rings is 1. The van der Waals surface area contributed by atoms with Gasteiger partial charge in [0.1, 0.15) is 4.90 Å². The molecule has 112 valence electrons. The van der Waals surface area contributed by atoms with Gasteiger partial charge in [0.15, 0.2) is 0 Å². The Balaban J connectivity index is 3.21. The monoisotopic (exact) mass is 357 g/mol. The maximum atomic E-state index is 12.1. The van der Waals surface area contributed by atoms with Crippen LogP contribution in [0.15, 0.2) is 17.0 Å². The molecule has 0 radical (unpaired) electrons. The van der Waals surface area contributed by atoms with Crippen LogP contribution in [-0.2, 0) is 10.0 Å². The Bertz CT molecular complexity index is 619. The Labute approximate surface area is 131 Å². The number of carbonyl (C=O) groups is 1. The normalized spacial score (nSPS) is 13.2. The lowest BCUT2D eigenvalue weighted by molar-refractivity contribution is 0.0697. The number of carboxylic acid groups (broad SMARTS) is 1. The summed E-state index contributed by atoms with van der Waals surface area (Å²) in [5.41, 5.74) is -0.350. The van der Waals surface area contributed by atoms with E-state index < -0.39 is 16.0 Å². The van der Waals surface area contributed by atoms with E-state index in [4.69, 9.17) is 28.3 Å². The predicted molar refractivity (Wildman–Crippen MR) is 81.6 cm³/mol. The second-order valence-corrected chi connectivity index (χ2v) is 7.79. The van der Waals surface area contributed by atoms with Crippen molar-refractivity contribution in [3.05, 3.63) is 27.7 Å². The molecule has 0 bridgehead atoms. The van der Waals surface area contributed by atoms with Crippen molar-refractivity contribution in [2.75, 3.05) is 12.8 Å². The van der Waals surface area contributed by atoms with Crippen LogP contribution in [0.1, 0.15) is 17.3 Å². The highest BCUT2D eigenvalue weighted by Crippen LogP contribution is 2.29. The number of nitrogens with one attached hydrogen (secondary N) is 1. The van der Waals surface area contributed by atoms with Gasteiger partial charge in [-0.05, 0) is 18.4 Å². The van der Waals surface area contributed by atoms with Crippen LogP contribution in [0.2, 0.25) is 10.0 Å². The van der Waals surface area contributed by atoms with Crippen molar-refractivity contribution in [1.29, 1.82) is 0 Å². The van der Waals surface area contributed by atoms with E-state index in [1.165, 1.54) is 11.8 Å². The summed E-state index contributed by atoms with van der Waals surface area (Å²) in [5.74, 6) is -1.34. The molecule has 1 rings (SSSR count). The highest BCUT2D eigenvalue weighted by atomic mass is 35.5. The molecular formula is C11H13Cl2NO4S2. The van der Waals surface area contributed by atoms with E-state index in [0.717, 1.165) is 12.1 Å². The molecule has 0 aliphatic carbocycles. The van der Waals surface area contributed by atoms with Gasteiger partial charge in [0.25, 0.3) is 0 Å². The first-order valence-electron chi connectivity index (χ1n) is 5.44. The average Bonchev–Trinajstić information content (AvgIpc) is 2.37. The number of thioether (sulfide) groups is 1. The molecule has 0 saturated heterocycles. The first-order chi connectivity index (χ1) is 9.19. The van der Waals surface area contributed by atoms with E-state index in [1.807, 2.05) is 13.2 Å². The lowest BCUT2D eigenvalue weighted by Gasteiger charge is -2.13. The maximum Gasteiger partial charge on any atom is 0.337 e. The molecule has 20 heavy (non-hydrogen) atoms. The van der Waals surface area contributed by atoms with Crippen LogP contribution in [-0.4, -0.2) is 37.5 Å². The molecule has 0 spiro atoms. The maximum absolute atomic E-state index is 12.1. The zero-order valence-corrected chi connectivity index (χ0v) is 13.8. The molecule has 2 N–H and O–H groups in total. The lowest BCUT2D eigenvalue weighted by atomic mass is 10.2. The van der Waals surface area contributed by atoms with Gasteiger partial charge in [0, 0.05) is 16.8 Å². The van der Waals surface area contributed by atoms with Crippen LogP contribution in [0.4, 0.5) is 0 Å². The number of aromatic carboxylic acids is 1. The molecule has 9 heteroatoms. The van der Waals surface area contributed by atoms with Crippen molar-refractivity contribution in [3.8, 4) is 0 Å². The minimum Gasteiger partial charge on any atom is -0.478 e. The van der Waals surface area contributed by atoms with E-state index in [9.17, 15) is 13.2 Å². The number of carboxylic acids is 1. The Hall–Kier alpha value is -0.470.